The van der Waals surface area contributed by atoms with Crippen molar-refractivity contribution in [2.24, 2.45) is 7.05 Å². The van der Waals surface area contributed by atoms with Gasteiger partial charge in [-0.15, -0.1) is 22.7 Å². The fraction of sp³-hybridized carbons (Fsp3) is 0.0370. The molecular weight excluding hydrogens is 430 g/mol. The summed E-state index contributed by atoms with van der Waals surface area (Å²) in [5, 5.41) is 19.3. The van der Waals surface area contributed by atoms with E-state index in [-0.39, 0.29) is 5.57 Å². The van der Waals surface area contributed by atoms with Gasteiger partial charge in [0.2, 0.25) is 0 Å². The van der Waals surface area contributed by atoms with Gasteiger partial charge in [-0.1, -0.05) is 48.5 Å². The molecule has 3 heterocycles. The lowest BCUT2D eigenvalue weighted by atomic mass is 10.0. The number of rotatable bonds is 4. The molecule has 152 valence electrons. The Morgan fingerprint density at radius 1 is 0.781 bits per heavy atom. The topological polar surface area (TPSA) is 52.5 Å². The molecule has 2 aromatic carbocycles. The second-order valence-corrected chi connectivity index (χ2v) is 9.51. The molecule has 0 spiro atoms. The van der Waals surface area contributed by atoms with E-state index in [0.717, 1.165) is 9.75 Å². The number of aryl methyl sites for hydroxylation is 1. The van der Waals surface area contributed by atoms with E-state index in [9.17, 15) is 0 Å². The number of nitriles is 2. The van der Waals surface area contributed by atoms with E-state index in [2.05, 4.69) is 78.3 Å². The fourth-order valence-corrected chi connectivity index (χ4v) is 6.08. The van der Waals surface area contributed by atoms with Crippen LogP contribution in [-0.2, 0) is 7.05 Å². The lowest BCUT2D eigenvalue weighted by Gasteiger charge is -2.07. The maximum Gasteiger partial charge on any atom is 0.131 e. The summed E-state index contributed by atoms with van der Waals surface area (Å²) in [6.45, 7) is 0. The summed E-state index contributed by atoms with van der Waals surface area (Å²) in [5.41, 5.74) is 4.98. The molecule has 5 heteroatoms. The molecule has 0 saturated heterocycles. The van der Waals surface area contributed by atoms with Gasteiger partial charge in [0.15, 0.2) is 0 Å². The van der Waals surface area contributed by atoms with Gasteiger partial charge in [0.05, 0.1) is 5.69 Å². The summed E-state index contributed by atoms with van der Waals surface area (Å²) in [5.74, 6) is 0. The number of fused-ring (bicyclic) bond motifs is 1. The summed E-state index contributed by atoms with van der Waals surface area (Å²) in [7, 11) is 2.13. The number of thiophene rings is 2. The third-order valence-corrected chi connectivity index (χ3v) is 7.73. The predicted molar refractivity (Wildman–Crippen MR) is 134 cm³/mol. The van der Waals surface area contributed by atoms with Crippen LogP contribution < -0.4 is 0 Å². The Balaban J connectivity index is 1.64. The molecule has 5 rings (SSSR count). The Kier molecular flexibility index (Phi) is 5.21. The van der Waals surface area contributed by atoms with E-state index in [4.69, 9.17) is 10.5 Å². The number of hydrogen-bond acceptors (Lipinski definition) is 4. The zero-order chi connectivity index (χ0) is 22.1. The van der Waals surface area contributed by atoms with E-state index >= 15 is 0 Å². The SMILES string of the molecule is Cn1c(-c2ccccc2)c(-c2ccc(-c3ccc(C=C(C#N)C#N)s3)s2)c2ccccc21. The third kappa shape index (κ3) is 3.44. The molecule has 32 heavy (non-hydrogen) atoms. The lowest BCUT2D eigenvalue weighted by molar-refractivity contribution is 0.979. The molecule has 0 amide bonds. The Labute approximate surface area is 194 Å². The van der Waals surface area contributed by atoms with Gasteiger partial charge in [-0.05, 0) is 42.0 Å². The van der Waals surface area contributed by atoms with Crippen molar-refractivity contribution in [2.45, 2.75) is 0 Å². The van der Waals surface area contributed by atoms with Crippen molar-refractivity contribution >= 4 is 39.7 Å². The lowest BCUT2D eigenvalue weighted by Crippen LogP contribution is -1.91. The predicted octanol–water partition coefficient (Wildman–Crippen LogP) is 7.73. The number of para-hydroxylation sites is 1. The number of aromatic nitrogens is 1. The molecule has 0 atom stereocenters. The van der Waals surface area contributed by atoms with E-state index in [1.165, 1.54) is 37.5 Å². The van der Waals surface area contributed by atoms with Crippen LogP contribution in [0.3, 0.4) is 0 Å². The van der Waals surface area contributed by atoms with Crippen LogP contribution in [0.1, 0.15) is 4.88 Å². The normalized spacial score (nSPS) is 10.6. The Morgan fingerprint density at radius 2 is 1.44 bits per heavy atom. The number of allylic oxidation sites excluding steroid dienone is 1. The quantitative estimate of drug-likeness (QED) is 0.265. The number of benzene rings is 2. The molecule has 3 nitrogen and oxygen atoms in total. The van der Waals surface area contributed by atoms with Crippen LogP contribution in [0.5, 0.6) is 0 Å². The van der Waals surface area contributed by atoms with Crippen LogP contribution in [0.2, 0.25) is 0 Å². The molecule has 0 aliphatic rings. The molecule has 0 bridgehead atoms. The van der Waals surface area contributed by atoms with Crippen LogP contribution in [0.25, 0.3) is 48.4 Å². The molecule has 3 aromatic heterocycles. The summed E-state index contributed by atoms with van der Waals surface area (Å²) >= 11 is 3.36. The van der Waals surface area contributed by atoms with Gasteiger partial charge < -0.3 is 4.57 Å². The highest BCUT2D eigenvalue weighted by Gasteiger charge is 2.19. The maximum atomic E-state index is 9.01. The van der Waals surface area contributed by atoms with E-state index in [0.29, 0.717) is 0 Å². The fourth-order valence-electron chi connectivity index (χ4n) is 3.98. The van der Waals surface area contributed by atoms with Crippen LogP contribution in [0, 0.1) is 22.7 Å². The molecular formula is C27H17N3S2. The maximum absolute atomic E-state index is 9.01. The second-order valence-electron chi connectivity index (χ2n) is 7.31. The minimum Gasteiger partial charge on any atom is -0.343 e. The number of nitrogens with zero attached hydrogens (tertiary/aromatic N) is 3. The summed E-state index contributed by atoms with van der Waals surface area (Å²) in [6, 6.07) is 31.3. The smallest absolute Gasteiger partial charge is 0.131 e. The van der Waals surface area contributed by atoms with Crippen LogP contribution in [0.15, 0.2) is 84.4 Å². The minimum absolute atomic E-state index is 0.119. The van der Waals surface area contributed by atoms with Crippen LogP contribution in [-0.4, -0.2) is 4.57 Å². The first-order valence-electron chi connectivity index (χ1n) is 10.0. The highest BCUT2D eigenvalue weighted by molar-refractivity contribution is 7.24. The second kappa shape index (κ2) is 8.32. The van der Waals surface area contributed by atoms with Crippen molar-refractivity contribution in [1.29, 1.82) is 10.5 Å². The Hall–Kier alpha value is -3.90. The van der Waals surface area contributed by atoms with E-state index in [1.807, 2.05) is 24.3 Å². The zero-order valence-electron chi connectivity index (χ0n) is 17.2. The van der Waals surface area contributed by atoms with Gasteiger partial charge >= 0.3 is 0 Å². The van der Waals surface area contributed by atoms with Gasteiger partial charge in [-0.3, -0.25) is 0 Å². The first kappa shape index (κ1) is 20.0. The van der Waals surface area contributed by atoms with Gasteiger partial charge in [-0.2, -0.15) is 10.5 Å². The van der Waals surface area contributed by atoms with Gasteiger partial charge in [0.25, 0.3) is 0 Å². The van der Waals surface area contributed by atoms with Gasteiger partial charge in [0.1, 0.15) is 17.7 Å². The van der Waals surface area contributed by atoms with Crippen molar-refractivity contribution in [3.05, 3.63) is 89.3 Å². The average molecular weight is 448 g/mol. The van der Waals surface area contributed by atoms with Crippen LogP contribution in [0.4, 0.5) is 0 Å². The first-order chi connectivity index (χ1) is 15.7. The Bertz CT molecular complexity index is 1530. The largest absolute Gasteiger partial charge is 0.343 e. The molecule has 5 aromatic rings. The summed E-state index contributed by atoms with van der Waals surface area (Å²) < 4.78 is 2.28. The minimum atomic E-state index is 0.119. The van der Waals surface area contributed by atoms with Crippen LogP contribution >= 0.6 is 22.7 Å². The Morgan fingerprint density at radius 3 is 2.22 bits per heavy atom. The van der Waals surface area contributed by atoms with E-state index in [1.54, 1.807) is 28.7 Å². The van der Waals surface area contributed by atoms with Gasteiger partial charge in [-0.25, -0.2) is 0 Å². The molecule has 0 aliphatic carbocycles. The van der Waals surface area contributed by atoms with Gasteiger partial charge in [0, 0.05) is 43.0 Å². The first-order valence-corrected chi connectivity index (χ1v) is 11.7. The molecule has 0 radical (unpaired) electrons. The average Bonchev–Trinajstić information content (AvgIpc) is 3.56. The highest BCUT2D eigenvalue weighted by atomic mass is 32.1. The summed E-state index contributed by atoms with van der Waals surface area (Å²) in [4.78, 5) is 4.43. The van der Waals surface area contributed by atoms with Crippen molar-refractivity contribution < 1.29 is 0 Å². The standard InChI is InChI=1S/C27H17N3S2/c1-30-22-10-6-5-9-21(22)26(27(30)19-7-3-2-4-8-19)25-14-13-24(32-25)23-12-11-20(31-23)15-18(16-28)17-29/h2-15H,1H3. The monoisotopic (exact) mass is 447 g/mol. The molecule has 0 fully saturated rings. The van der Waals surface area contributed by atoms with Crippen molar-refractivity contribution in [1.82, 2.24) is 4.57 Å². The number of hydrogen-bond donors (Lipinski definition) is 0. The van der Waals surface area contributed by atoms with Crippen molar-refractivity contribution in [3.8, 4) is 43.6 Å². The third-order valence-electron chi connectivity index (χ3n) is 5.40. The molecule has 0 unspecified atom stereocenters. The highest BCUT2D eigenvalue weighted by Crippen LogP contribution is 2.45. The molecule has 0 N–H and O–H groups in total. The van der Waals surface area contributed by atoms with Crippen molar-refractivity contribution in [3.63, 3.8) is 0 Å². The molecule has 0 aliphatic heterocycles. The summed E-state index contributed by atoms with van der Waals surface area (Å²) in [6.07, 6.45) is 1.64. The van der Waals surface area contributed by atoms with Crippen molar-refractivity contribution in [2.75, 3.05) is 0 Å². The van der Waals surface area contributed by atoms with E-state index < -0.39 is 0 Å². The molecule has 0 saturated carbocycles. The zero-order valence-corrected chi connectivity index (χ0v) is 18.9.